The highest BCUT2D eigenvalue weighted by atomic mass is 19.1. The molecule has 0 bridgehead atoms. The Labute approximate surface area is 191 Å². The number of morpholine rings is 1. The molecule has 1 unspecified atom stereocenters. The number of nitrogens with one attached hydrogen (secondary N) is 2. The molecule has 0 aromatic heterocycles. The van der Waals surface area contributed by atoms with Gasteiger partial charge in [-0.05, 0) is 49.8 Å². The van der Waals surface area contributed by atoms with Crippen molar-refractivity contribution >= 4 is 5.96 Å². The maximum Gasteiger partial charge on any atom is 0.191 e. The highest BCUT2D eigenvalue weighted by molar-refractivity contribution is 5.79. The number of guanidine groups is 1. The van der Waals surface area contributed by atoms with E-state index in [0.29, 0.717) is 13.1 Å². The molecule has 0 radical (unpaired) electrons. The van der Waals surface area contributed by atoms with E-state index in [1.165, 1.54) is 17.2 Å². The Morgan fingerprint density at radius 3 is 2.53 bits per heavy atom. The lowest BCUT2D eigenvalue weighted by molar-refractivity contribution is 0.0341. The second-order valence-corrected chi connectivity index (χ2v) is 8.27. The average Bonchev–Trinajstić information content (AvgIpc) is 2.79. The highest BCUT2D eigenvalue weighted by Gasteiger charge is 2.16. The number of hydrogen-bond acceptors (Lipinski definition) is 4. The van der Waals surface area contributed by atoms with Crippen molar-refractivity contribution in [3.05, 3.63) is 71.0 Å². The molecule has 0 amide bonds. The molecule has 3 rings (SSSR count). The van der Waals surface area contributed by atoms with Crippen molar-refractivity contribution in [3.8, 4) is 0 Å². The molecule has 1 fully saturated rings. The molecule has 0 spiro atoms. The van der Waals surface area contributed by atoms with Crippen LogP contribution < -0.4 is 10.6 Å². The summed E-state index contributed by atoms with van der Waals surface area (Å²) in [4.78, 5) is 9.35. The monoisotopic (exact) mass is 441 g/mol. The van der Waals surface area contributed by atoms with Crippen molar-refractivity contribution in [2.45, 2.75) is 26.1 Å². The highest BCUT2D eigenvalue weighted by Crippen LogP contribution is 2.18. The van der Waals surface area contributed by atoms with Crippen molar-refractivity contribution in [3.63, 3.8) is 0 Å². The van der Waals surface area contributed by atoms with E-state index in [0.717, 1.165) is 50.9 Å². The van der Waals surface area contributed by atoms with Gasteiger partial charge in [-0.15, -0.1) is 0 Å². The van der Waals surface area contributed by atoms with Gasteiger partial charge in [-0.25, -0.2) is 9.38 Å². The molecule has 1 heterocycles. The van der Waals surface area contributed by atoms with Crippen LogP contribution in [0.3, 0.4) is 0 Å². The number of likely N-dealkylation sites (N-methyl/N-ethyl adjacent to an activating group) is 1. The number of benzene rings is 2. The van der Waals surface area contributed by atoms with Crippen LogP contribution in [0.25, 0.3) is 0 Å². The second-order valence-electron chi connectivity index (χ2n) is 8.27. The van der Waals surface area contributed by atoms with Crippen LogP contribution in [0.2, 0.25) is 0 Å². The summed E-state index contributed by atoms with van der Waals surface area (Å²) < 4.78 is 19.2. The predicted octanol–water partition coefficient (Wildman–Crippen LogP) is 3.02. The van der Waals surface area contributed by atoms with E-state index >= 15 is 0 Å². The fourth-order valence-electron chi connectivity index (χ4n) is 3.88. The first-order chi connectivity index (χ1) is 15.6. The summed E-state index contributed by atoms with van der Waals surface area (Å²) in [5.74, 6) is 0.545. The van der Waals surface area contributed by atoms with Gasteiger partial charge in [0.05, 0.1) is 25.8 Å². The largest absolute Gasteiger partial charge is 0.379 e. The fraction of sp³-hybridized carbons (Fsp3) is 0.480. The first kappa shape index (κ1) is 24.2. The average molecular weight is 442 g/mol. The van der Waals surface area contributed by atoms with Gasteiger partial charge in [-0.2, -0.15) is 0 Å². The minimum absolute atomic E-state index is 0.0307. The van der Waals surface area contributed by atoms with E-state index in [1.54, 1.807) is 12.1 Å². The molecule has 174 valence electrons. The fourth-order valence-corrected chi connectivity index (χ4v) is 3.88. The van der Waals surface area contributed by atoms with Crippen molar-refractivity contribution < 1.29 is 9.13 Å². The molecule has 32 heavy (non-hydrogen) atoms. The summed E-state index contributed by atoms with van der Waals surface area (Å²) in [5.41, 5.74) is 3.47. The zero-order valence-electron chi connectivity index (χ0n) is 19.5. The minimum Gasteiger partial charge on any atom is -0.379 e. The molecule has 7 heteroatoms. The van der Waals surface area contributed by atoms with E-state index in [-0.39, 0.29) is 11.9 Å². The Bertz CT molecular complexity index is 867. The molecule has 0 aliphatic carbocycles. The summed E-state index contributed by atoms with van der Waals surface area (Å²) in [6.45, 7) is 8.50. The number of ether oxygens (including phenoxy) is 1. The standard InChI is InChI=1S/C25H36FN5O/c1-4-27-25(29-18-24(30(2)3)20-10-7-11-23(26)16-20)28-17-21-8-5-6-9-22(21)19-31-12-14-32-15-13-31/h5-11,16,24H,4,12-15,17-19H2,1-3H3,(H2,27,28,29). The van der Waals surface area contributed by atoms with Crippen LogP contribution in [-0.2, 0) is 17.8 Å². The van der Waals surface area contributed by atoms with Gasteiger partial charge in [0.15, 0.2) is 5.96 Å². The summed E-state index contributed by atoms with van der Waals surface area (Å²) in [6, 6.07) is 15.3. The Morgan fingerprint density at radius 1 is 1.09 bits per heavy atom. The molecule has 1 atom stereocenters. The van der Waals surface area contributed by atoms with E-state index in [4.69, 9.17) is 9.73 Å². The third kappa shape index (κ3) is 7.29. The lowest BCUT2D eigenvalue weighted by atomic mass is 10.1. The SMILES string of the molecule is CCNC(=NCc1ccccc1CN1CCOCC1)NCC(c1cccc(F)c1)N(C)C. The summed E-state index contributed by atoms with van der Waals surface area (Å²) in [7, 11) is 4.01. The molecule has 1 aliphatic heterocycles. The second kappa shape index (κ2) is 12.5. The van der Waals surface area contributed by atoms with Gasteiger partial charge in [0, 0.05) is 32.7 Å². The summed E-state index contributed by atoms with van der Waals surface area (Å²) >= 11 is 0. The molecule has 2 N–H and O–H groups in total. The van der Waals surface area contributed by atoms with Gasteiger partial charge in [0.1, 0.15) is 5.82 Å². The van der Waals surface area contributed by atoms with E-state index in [1.807, 2.05) is 20.2 Å². The molecule has 1 saturated heterocycles. The normalized spacial score (nSPS) is 16.2. The summed E-state index contributed by atoms with van der Waals surface area (Å²) in [5, 5.41) is 6.77. The first-order valence-corrected chi connectivity index (χ1v) is 11.4. The van der Waals surface area contributed by atoms with Gasteiger partial charge in [0.2, 0.25) is 0 Å². The number of hydrogen-bond donors (Lipinski definition) is 2. The van der Waals surface area contributed by atoms with Gasteiger partial charge in [-0.1, -0.05) is 36.4 Å². The zero-order chi connectivity index (χ0) is 22.8. The lowest BCUT2D eigenvalue weighted by Crippen LogP contribution is -2.41. The number of aliphatic imine (C=N–C) groups is 1. The number of nitrogens with zero attached hydrogens (tertiary/aromatic N) is 3. The van der Waals surface area contributed by atoms with Gasteiger partial charge >= 0.3 is 0 Å². The first-order valence-electron chi connectivity index (χ1n) is 11.4. The maximum atomic E-state index is 13.7. The van der Waals surface area contributed by atoms with Crippen molar-refractivity contribution in [2.75, 3.05) is 53.5 Å². The predicted molar refractivity (Wildman–Crippen MR) is 128 cm³/mol. The van der Waals surface area contributed by atoms with Crippen LogP contribution in [-0.4, -0.2) is 69.2 Å². The van der Waals surface area contributed by atoms with Crippen LogP contribution in [0.1, 0.15) is 29.7 Å². The molecular weight excluding hydrogens is 405 g/mol. The van der Waals surface area contributed by atoms with Crippen molar-refractivity contribution in [1.82, 2.24) is 20.4 Å². The molecule has 1 aliphatic rings. The Hall–Kier alpha value is -2.48. The smallest absolute Gasteiger partial charge is 0.191 e. The number of rotatable bonds is 9. The quantitative estimate of drug-likeness (QED) is 0.463. The van der Waals surface area contributed by atoms with Crippen LogP contribution in [0.5, 0.6) is 0 Å². The van der Waals surface area contributed by atoms with Crippen LogP contribution in [0, 0.1) is 5.82 Å². The van der Waals surface area contributed by atoms with Crippen LogP contribution in [0.4, 0.5) is 4.39 Å². The molecule has 6 nitrogen and oxygen atoms in total. The number of halogens is 1. The van der Waals surface area contributed by atoms with Crippen molar-refractivity contribution in [1.29, 1.82) is 0 Å². The third-order valence-corrected chi connectivity index (χ3v) is 5.69. The third-order valence-electron chi connectivity index (χ3n) is 5.69. The molecule has 2 aromatic rings. The van der Waals surface area contributed by atoms with Gasteiger partial charge < -0.3 is 20.3 Å². The van der Waals surface area contributed by atoms with E-state index in [9.17, 15) is 4.39 Å². The Balaban J connectivity index is 1.67. The lowest BCUT2D eigenvalue weighted by Gasteiger charge is -2.27. The van der Waals surface area contributed by atoms with E-state index < -0.39 is 0 Å². The topological polar surface area (TPSA) is 52.1 Å². The summed E-state index contributed by atoms with van der Waals surface area (Å²) in [6.07, 6.45) is 0. The Morgan fingerprint density at radius 2 is 1.84 bits per heavy atom. The molecular formula is C25H36FN5O. The van der Waals surface area contributed by atoms with Crippen molar-refractivity contribution in [2.24, 2.45) is 4.99 Å². The molecule has 0 saturated carbocycles. The minimum atomic E-state index is -0.216. The van der Waals surface area contributed by atoms with Gasteiger partial charge in [-0.3, -0.25) is 4.90 Å². The van der Waals surface area contributed by atoms with E-state index in [2.05, 4.69) is 51.6 Å². The zero-order valence-corrected chi connectivity index (χ0v) is 19.5. The maximum absolute atomic E-state index is 13.7. The van der Waals surface area contributed by atoms with Crippen LogP contribution >= 0.6 is 0 Å². The van der Waals surface area contributed by atoms with Crippen LogP contribution in [0.15, 0.2) is 53.5 Å². The molecule has 2 aromatic carbocycles. The Kier molecular flexibility index (Phi) is 9.46. The van der Waals surface area contributed by atoms with Gasteiger partial charge in [0.25, 0.3) is 0 Å².